The lowest BCUT2D eigenvalue weighted by Gasteiger charge is -2.37. The van der Waals surface area contributed by atoms with Crippen molar-refractivity contribution in [2.24, 2.45) is 0 Å². The van der Waals surface area contributed by atoms with Crippen LogP contribution in [0.1, 0.15) is 48.2 Å². The zero-order valence-corrected chi connectivity index (χ0v) is 9.61. The molecule has 0 N–H and O–H groups in total. The molecule has 17 heavy (non-hydrogen) atoms. The molecule has 0 saturated heterocycles. The highest BCUT2D eigenvalue weighted by atomic mass is 16.5. The van der Waals surface area contributed by atoms with Gasteiger partial charge in [0, 0.05) is 11.1 Å². The molecule has 4 nitrogen and oxygen atoms in total. The number of aromatic nitrogens is 2. The first-order valence-corrected chi connectivity index (χ1v) is 6.28. The molecule has 88 valence electrons. The lowest BCUT2D eigenvalue weighted by molar-refractivity contribution is 0.312. The van der Waals surface area contributed by atoms with Gasteiger partial charge in [-0.1, -0.05) is 10.3 Å². The summed E-state index contributed by atoms with van der Waals surface area (Å²) in [6.07, 6.45) is 10.3. The summed E-state index contributed by atoms with van der Waals surface area (Å²) in [5.74, 6) is 0. The van der Waals surface area contributed by atoms with Gasteiger partial charge >= 0.3 is 0 Å². The van der Waals surface area contributed by atoms with Gasteiger partial charge in [-0.2, -0.15) is 0 Å². The molecular weight excluding hydrogens is 216 g/mol. The molecule has 0 bridgehead atoms. The average molecular weight is 230 g/mol. The molecule has 0 aromatic carbocycles. The molecule has 2 aromatic rings. The van der Waals surface area contributed by atoms with Crippen molar-refractivity contribution in [3.63, 3.8) is 0 Å². The Kier molecular flexibility index (Phi) is 1.79. The van der Waals surface area contributed by atoms with Gasteiger partial charge in [-0.05, 0) is 38.5 Å². The van der Waals surface area contributed by atoms with E-state index in [9.17, 15) is 0 Å². The highest BCUT2D eigenvalue weighted by Gasteiger charge is 2.46. The van der Waals surface area contributed by atoms with Gasteiger partial charge in [0.1, 0.15) is 12.5 Å². The van der Waals surface area contributed by atoms with Gasteiger partial charge in [-0.15, -0.1) is 0 Å². The fraction of sp³-hybridized carbons (Fsp3) is 0.538. The highest BCUT2D eigenvalue weighted by Crippen LogP contribution is 2.48. The van der Waals surface area contributed by atoms with Crippen LogP contribution in [0.5, 0.6) is 0 Å². The zero-order chi connectivity index (χ0) is 11.3. The van der Waals surface area contributed by atoms with E-state index >= 15 is 0 Å². The van der Waals surface area contributed by atoms with E-state index in [0.29, 0.717) is 0 Å². The number of fused-ring (bicyclic) bond motifs is 4. The SMILES string of the molecule is c1onc2c1CCCC21CCCc2conc21. The van der Waals surface area contributed by atoms with E-state index in [2.05, 4.69) is 10.3 Å². The summed E-state index contributed by atoms with van der Waals surface area (Å²) < 4.78 is 10.4. The topological polar surface area (TPSA) is 52.1 Å². The van der Waals surface area contributed by atoms with Gasteiger partial charge in [0.25, 0.3) is 0 Å². The van der Waals surface area contributed by atoms with E-state index in [0.717, 1.165) is 37.1 Å². The van der Waals surface area contributed by atoms with Crippen LogP contribution < -0.4 is 0 Å². The first-order chi connectivity index (χ1) is 8.40. The minimum absolute atomic E-state index is 0.0266. The lowest BCUT2D eigenvalue weighted by Crippen LogP contribution is -2.36. The number of hydrogen-bond donors (Lipinski definition) is 0. The number of aryl methyl sites for hydroxylation is 2. The summed E-state index contributed by atoms with van der Waals surface area (Å²) in [7, 11) is 0. The molecule has 4 heteroatoms. The molecule has 0 aliphatic heterocycles. The third kappa shape index (κ3) is 1.13. The summed E-state index contributed by atoms with van der Waals surface area (Å²) in [5, 5.41) is 8.51. The van der Waals surface area contributed by atoms with Crippen LogP contribution >= 0.6 is 0 Å². The van der Waals surface area contributed by atoms with Crippen LogP contribution in [-0.2, 0) is 18.3 Å². The summed E-state index contributed by atoms with van der Waals surface area (Å²) in [5.41, 5.74) is 4.71. The summed E-state index contributed by atoms with van der Waals surface area (Å²) in [4.78, 5) is 0. The van der Waals surface area contributed by atoms with Crippen LogP contribution in [0.15, 0.2) is 21.6 Å². The first kappa shape index (κ1) is 9.45. The van der Waals surface area contributed by atoms with Crippen molar-refractivity contribution in [3.8, 4) is 0 Å². The fourth-order valence-corrected chi connectivity index (χ4v) is 3.53. The summed E-state index contributed by atoms with van der Waals surface area (Å²) >= 11 is 0. The monoisotopic (exact) mass is 230 g/mol. The van der Waals surface area contributed by atoms with Crippen LogP contribution in [0.3, 0.4) is 0 Å². The predicted octanol–water partition coefficient (Wildman–Crippen LogP) is 2.62. The van der Waals surface area contributed by atoms with E-state index < -0.39 is 0 Å². The Morgan fingerprint density at radius 3 is 1.94 bits per heavy atom. The Bertz CT molecular complexity index is 505. The van der Waals surface area contributed by atoms with Crippen LogP contribution in [0, 0.1) is 0 Å². The Hall–Kier alpha value is -1.58. The van der Waals surface area contributed by atoms with Gasteiger partial charge in [0.15, 0.2) is 0 Å². The van der Waals surface area contributed by atoms with Crippen LogP contribution in [-0.4, -0.2) is 10.3 Å². The second kappa shape index (κ2) is 3.22. The molecule has 0 atom stereocenters. The normalized spacial score (nSPS) is 21.2. The molecule has 1 spiro atoms. The molecule has 0 unspecified atom stereocenters. The molecule has 0 radical (unpaired) electrons. The molecular formula is C13H14N2O2. The number of nitrogens with zero attached hydrogens (tertiary/aromatic N) is 2. The van der Waals surface area contributed by atoms with Crippen molar-refractivity contribution in [1.82, 2.24) is 10.3 Å². The Balaban J connectivity index is 1.96. The quantitative estimate of drug-likeness (QED) is 0.698. The van der Waals surface area contributed by atoms with E-state index in [1.54, 1.807) is 12.5 Å². The van der Waals surface area contributed by atoms with Gasteiger partial charge in [0.2, 0.25) is 0 Å². The van der Waals surface area contributed by atoms with E-state index in [4.69, 9.17) is 9.05 Å². The minimum Gasteiger partial charge on any atom is -0.364 e. The third-order valence-corrected chi connectivity index (χ3v) is 4.29. The van der Waals surface area contributed by atoms with Crippen molar-refractivity contribution >= 4 is 0 Å². The number of rotatable bonds is 0. The van der Waals surface area contributed by atoms with E-state index in [1.807, 2.05) is 0 Å². The van der Waals surface area contributed by atoms with Gasteiger partial charge < -0.3 is 9.05 Å². The zero-order valence-electron chi connectivity index (χ0n) is 9.61. The molecule has 0 fully saturated rings. The second-order valence-electron chi connectivity index (χ2n) is 5.17. The van der Waals surface area contributed by atoms with Crippen LogP contribution in [0.4, 0.5) is 0 Å². The standard InChI is InChI=1S/C13H14N2O2/c1-3-9-7-16-14-11(9)13(5-1)6-2-4-10-8-17-15-12(10)13/h7-8H,1-6H2. The Morgan fingerprint density at radius 2 is 1.41 bits per heavy atom. The highest BCUT2D eigenvalue weighted by molar-refractivity contribution is 5.41. The third-order valence-electron chi connectivity index (χ3n) is 4.29. The molecule has 4 rings (SSSR count). The maximum absolute atomic E-state index is 5.18. The van der Waals surface area contributed by atoms with Crippen molar-refractivity contribution in [2.75, 3.05) is 0 Å². The second-order valence-corrected chi connectivity index (χ2v) is 5.17. The maximum atomic E-state index is 5.18. The van der Waals surface area contributed by atoms with Crippen molar-refractivity contribution in [3.05, 3.63) is 35.0 Å². The maximum Gasteiger partial charge on any atom is 0.127 e. The van der Waals surface area contributed by atoms with Gasteiger partial charge in [-0.25, -0.2) is 0 Å². The Labute approximate surface area is 99.0 Å². The molecule has 0 amide bonds. The lowest BCUT2D eigenvalue weighted by atomic mass is 9.65. The smallest absolute Gasteiger partial charge is 0.127 e. The van der Waals surface area contributed by atoms with E-state index in [-0.39, 0.29) is 5.41 Å². The fourth-order valence-electron chi connectivity index (χ4n) is 3.53. The van der Waals surface area contributed by atoms with Crippen molar-refractivity contribution < 1.29 is 9.05 Å². The largest absolute Gasteiger partial charge is 0.364 e. The molecule has 2 aliphatic rings. The van der Waals surface area contributed by atoms with Gasteiger partial charge in [-0.3, -0.25) is 0 Å². The van der Waals surface area contributed by atoms with E-state index in [1.165, 1.54) is 24.0 Å². The number of hydrogen-bond acceptors (Lipinski definition) is 4. The summed E-state index contributed by atoms with van der Waals surface area (Å²) in [6, 6.07) is 0. The molecule has 0 saturated carbocycles. The summed E-state index contributed by atoms with van der Waals surface area (Å²) in [6.45, 7) is 0. The van der Waals surface area contributed by atoms with Crippen molar-refractivity contribution in [1.29, 1.82) is 0 Å². The van der Waals surface area contributed by atoms with Gasteiger partial charge in [0.05, 0.1) is 16.8 Å². The predicted molar refractivity (Wildman–Crippen MR) is 59.7 cm³/mol. The molecule has 2 aliphatic carbocycles. The van der Waals surface area contributed by atoms with Crippen molar-refractivity contribution in [2.45, 2.75) is 43.9 Å². The minimum atomic E-state index is -0.0266. The van der Waals surface area contributed by atoms with Crippen LogP contribution in [0.2, 0.25) is 0 Å². The molecule has 2 heterocycles. The average Bonchev–Trinajstić information content (AvgIpc) is 2.97. The van der Waals surface area contributed by atoms with Crippen LogP contribution in [0.25, 0.3) is 0 Å². The first-order valence-electron chi connectivity index (χ1n) is 6.28. The molecule has 2 aromatic heterocycles. The Morgan fingerprint density at radius 1 is 0.882 bits per heavy atom.